The van der Waals surface area contributed by atoms with E-state index in [4.69, 9.17) is 0 Å². The van der Waals surface area contributed by atoms with Crippen LogP contribution in [0.3, 0.4) is 0 Å². The maximum Gasteiger partial charge on any atom is 0.123 e. The first-order valence-electron chi connectivity index (χ1n) is 4.87. The number of hydrogen-bond acceptors (Lipinski definition) is 1. The van der Waals surface area contributed by atoms with E-state index in [0.717, 1.165) is 17.8 Å². The van der Waals surface area contributed by atoms with E-state index in [2.05, 4.69) is 10.3 Å². The third-order valence-electron chi connectivity index (χ3n) is 2.33. The molecule has 0 radical (unpaired) electrons. The third kappa shape index (κ3) is 2.37. The number of rotatable bonds is 3. The molecule has 0 fully saturated rings. The van der Waals surface area contributed by atoms with E-state index in [9.17, 15) is 4.39 Å². The molecule has 2 nitrogen and oxygen atoms in total. The van der Waals surface area contributed by atoms with E-state index >= 15 is 0 Å². The monoisotopic (exact) mass is 204 g/mol. The molecule has 2 rings (SSSR count). The number of aromatic nitrogens is 1. The normalized spacial score (nSPS) is 10.3. The fraction of sp³-hybridized carbons (Fsp3) is 0.167. The molecule has 0 saturated heterocycles. The van der Waals surface area contributed by atoms with Crippen molar-refractivity contribution in [3.05, 3.63) is 53.6 Å². The van der Waals surface area contributed by atoms with Gasteiger partial charge in [0.05, 0.1) is 0 Å². The van der Waals surface area contributed by atoms with Crippen LogP contribution in [0.25, 0.3) is 0 Å². The van der Waals surface area contributed by atoms with E-state index in [1.165, 1.54) is 17.7 Å². The van der Waals surface area contributed by atoms with Gasteiger partial charge in [-0.1, -0.05) is 0 Å². The van der Waals surface area contributed by atoms with Crippen molar-refractivity contribution in [3.8, 4) is 0 Å². The van der Waals surface area contributed by atoms with Gasteiger partial charge in [-0.15, -0.1) is 0 Å². The molecule has 3 heteroatoms. The number of aryl methyl sites for hydroxylation is 1. The van der Waals surface area contributed by atoms with Gasteiger partial charge in [-0.2, -0.15) is 0 Å². The summed E-state index contributed by atoms with van der Waals surface area (Å²) in [5, 5.41) is 3.26. The third-order valence-corrected chi connectivity index (χ3v) is 2.33. The van der Waals surface area contributed by atoms with Crippen molar-refractivity contribution < 1.29 is 4.39 Å². The number of halogens is 1. The molecular weight excluding hydrogens is 191 g/mol. The molecule has 78 valence electrons. The fourth-order valence-electron chi connectivity index (χ4n) is 1.49. The van der Waals surface area contributed by atoms with Crippen LogP contribution in [0.1, 0.15) is 11.1 Å². The Labute approximate surface area is 88.1 Å². The van der Waals surface area contributed by atoms with Crippen molar-refractivity contribution in [1.82, 2.24) is 4.98 Å². The average Bonchev–Trinajstić information content (AvgIpc) is 2.69. The molecule has 0 unspecified atom stereocenters. The molecule has 0 saturated carbocycles. The van der Waals surface area contributed by atoms with Crippen LogP contribution in [0.15, 0.2) is 36.7 Å². The lowest BCUT2D eigenvalue weighted by Gasteiger charge is -2.08. The van der Waals surface area contributed by atoms with Crippen molar-refractivity contribution >= 4 is 5.69 Å². The van der Waals surface area contributed by atoms with Crippen LogP contribution in [0.4, 0.5) is 10.1 Å². The maximum absolute atomic E-state index is 12.8. The smallest absolute Gasteiger partial charge is 0.123 e. The fourth-order valence-corrected chi connectivity index (χ4v) is 1.49. The summed E-state index contributed by atoms with van der Waals surface area (Å²) in [7, 11) is 0. The van der Waals surface area contributed by atoms with Crippen molar-refractivity contribution in [3.63, 3.8) is 0 Å². The van der Waals surface area contributed by atoms with Gasteiger partial charge in [-0.05, 0) is 42.3 Å². The molecule has 0 atom stereocenters. The second kappa shape index (κ2) is 4.17. The maximum atomic E-state index is 12.8. The number of benzene rings is 1. The second-order valence-corrected chi connectivity index (χ2v) is 3.53. The standard InChI is InChI=1S/C12H13FN2/c1-9-6-11(13)2-3-12(9)15-8-10-4-5-14-7-10/h2-7,14-15H,8H2,1H3. The molecule has 0 aliphatic carbocycles. The van der Waals surface area contributed by atoms with E-state index in [-0.39, 0.29) is 5.82 Å². The molecule has 0 aliphatic rings. The summed E-state index contributed by atoms with van der Waals surface area (Å²) in [6, 6.07) is 6.76. The van der Waals surface area contributed by atoms with Crippen molar-refractivity contribution in [2.75, 3.05) is 5.32 Å². The first kappa shape index (κ1) is 9.77. The highest BCUT2D eigenvalue weighted by Crippen LogP contribution is 2.16. The Morgan fingerprint density at radius 3 is 2.87 bits per heavy atom. The van der Waals surface area contributed by atoms with Crippen LogP contribution in [0.2, 0.25) is 0 Å². The molecule has 0 amide bonds. The zero-order valence-electron chi connectivity index (χ0n) is 8.55. The topological polar surface area (TPSA) is 27.8 Å². The molecule has 2 N–H and O–H groups in total. The summed E-state index contributed by atoms with van der Waals surface area (Å²) >= 11 is 0. The van der Waals surface area contributed by atoms with E-state index in [0.29, 0.717) is 0 Å². The lowest BCUT2D eigenvalue weighted by molar-refractivity contribution is 0.627. The molecular formula is C12H13FN2. The predicted molar refractivity (Wildman–Crippen MR) is 59.3 cm³/mol. The largest absolute Gasteiger partial charge is 0.381 e. The average molecular weight is 204 g/mol. The summed E-state index contributed by atoms with van der Waals surface area (Å²) in [5.74, 6) is -0.195. The molecule has 2 aromatic rings. The van der Waals surface area contributed by atoms with Gasteiger partial charge < -0.3 is 10.3 Å². The van der Waals surface area contributed by atoms with Crippen LogP contribution >= 0.6 is 0 Å². The van der Waals surface area contributed by atoms with Crippen molar-refractivity contribution in [2.24, 2.45) is 0 Å². The summed E-state index contributed by atoms with van der Waals surface area (Å²) in [4.78, 5) is 2.99. The molecule has 1 aromatic heterocycles. The minimum Gasteiger partial charge on any atom is -0.381 e. The van der Waals surface area contributed by atoms with Gasteiger partial charge in [-0.25, -0.2) is 4.39 Å². The van der Waals surface area contributed by atoms with E-state index < -0.39 is 0 Å². The summed E-state index contributed by atoms with van der Waals surface area (Å²) < 4.78 is 12.8. The predicted octanol–water partition coefficient (Wildman–Crippen LogP) is 3.07. The Balaban J connectivity index is 2.05. The van der Waals surface area contributed by atoms with Crippen LogP contribution in [-0.2, 0) is 6.54 Å². The molecule has 1 heterocycles. The summed E-state index contributed by atoms with van der Waals surface area (Å²) in [6.45, 7) is 2.64. The van der Waals surface area contributed by atoms with Crippen LogP contribution < -0.4 is 5.32 Å². The first-order chi connectivity index (χ1) is 7.25. The zero-order chi connectivity index (χ0) is 10.7. The van der Waals surface area contributed by atoms with Crippen molar-refractivity contribution in [1.29, 1.82) is 0 Å². The highest BCUT2D eigenvalue weighted by atomic mass is 19.1. The number of hydrogen-bond donors (Lipinski definition) is 2. The van der Waals surface area contributed by atoms with Crippen LogP contribution in [0, 0.1) is 12.7 Å². The zero-order valence-corrected chi connectivity index (χ0v) is 8.55. The number of aromatic amines is 1. The van der Waals surface area contributed by atoms with E-state index in [1.807, 2.05) is 25.4 Å². The van der Waals surface area contributed by atoms with Gasteiger partial charge in [0.15, 0.2) is 0 Å². The molecule has 0 spiro atoms. The molecule has 15 heavy (non-hydrogen) atoms. The Kier molecular flexibility index (Phi) is 2.72. The molecule has 0 aliphatic heterocycles. The Morgan fingerprint density at radius 1 is 1.33 bits per heavy atom. The van der Waals surface area contributed by atoms with Crippen molar-refractivity contribution in [2.45, 2.75) is 13.5 Å². The first-order valence-corrected chi connectivity index (χ1v) is 4.87. The molecule has 0 bridgehead atoms. The Hall–Kier alpha value is -1.77. The lowest BCUT2D eigenvalue weighted by Crippen LogP contribution is -2.00. The van der Waals surface area contributed by atoms with Gasteiger partial charge in [0, 0.05) is 24.6 Å². The van der Waals surface area contributed by atoms with Crippen LogP contribution in [-0.4, -0.2) is 4.98 Å². The highest BCUT2D eigenvalue weighted by Gasteiger charge is 1.99. The van der Waals surface area contributed by atoms with Gasteiger partial charge in [0.25, 0.3) is 0 Å². The lowest BCUT2D eigenvalue weighted by atomic mass is 10.2. The summed E-state index contributed by atoms with van der Waals surface area (Å²) in [5.41, 5.74) is 3.07. The van der Waals surface area contributed by atoms with Gasteiger partial charge in [0.2, 0.25) is 0 Å². The van der Waals surface area contributed by atoms with Gasteiger partial charge in [-0.3, -0.25) is 0 Å². The summed E-state index contributed by atoms with van der Waals surface area (Å²) in [6.07, 6.45) is 3.82. The van der Waals surface area contributed by atoms with Gasteiger partial charge >= 0.3 is 0 Å². The van der Waals surface area contributed by atoms with Crippen LogP contribution in [0.5, 0.6) is 0 Å². The second-order valence-electron chi connectivity index (χ2n) is 3.53. The number of anilines is 1. The minimum atomic E-state index is -0.195. The van der Waals surface area contributed by atoms with Gasteiger partial charge in [0.1, 0.15) is 5.82 Å². The van der Waals surface area contributed by atoms with E-state index in [1.54, 1.807) is 6.07 Å². The SMILES string of the molecule is Cc1cc(F)ccc1NCc1cc[nH]c1. The molecule has 1 aromatic carbocycles. The Morgan fingerprint density at radius 2 is 2.20 bits per heavy atom. The Bertz CT molecular complexity index is 435. The highest BCUT2D eigenvalue weighted by molar-refractivity contribution is 5.50. The quantitative estimate of drug-likeness (QED) is 0.790. The minimum absolute atomic E-state index is 0.195. The number of H-pyrrole nitrogens is 1. The number of nitrogens with one attached hydrogen (secondary N) is 2.